The minimum atomic E-state index is -0.129. The lowest BCUT2D eigenvalue weighted by Crippen LogP contribution is -2.35. The van der Waals surface area contributed by atoms with E-state index in [1.54, 1.807) is 0 Å². The van der Waals surface area contributed by atoms with E-state index in [1.165, 1.54) is 5.57 Å². The van der Waals surface area contributed by atoms with E-state index < -0.39 is 0 Å². The van der Waals surface area contributed by atoms with Crippen molar-refractivity contribution in [2.45, 2.75) is 13.3 Å². The van der Waals surface area contributed by atoms with Gasteiger partial charge in [0.25, 0.3) is 0 Å². The summed E-state index contributed by atoms with van der Waals surface area (Å²) >= 11 is 0. The molecule has 2 amide bonds. The summed E-state index contributed by atoms with van der Waals surface area (Å²) in [4.78, 5) is 15.4. The lowest BCUT2D eigenvalue weighted by Gasteiger charge is -2.17. The molecule has 2 aliphatic rings. The predicted molar refractivity (Wildman–Crippen MR) is 69.0 cm³/mol. The fourth-order valence-electron chi connectivity index (χ4n) is 1.90. The molecule has 2 rings (SSSR count). The highest BCUT2D eigenvalue weighted by Gasteiger charge is 2.13. The van der Waals surface area contributed by atoms with E-state index in [1.807, 2.05) is 24.6 Å². The topological polar surface area (TPSA) is 53.5 Å². The van der Waals surface area contributed by atoms with Gasteiger partial charge in [-0.05, 0) is 23.5 Å². The number of allylic oxidation sites excluding steroid dienone is 3. The van der Waals surface area contributed by atoms with Crippen LogP contribution >= 0.6 is 0 Å². The van der Waals surface area contributed by atoms with Crippen molar-refractivity contribution in [3.05, 3.63) is 35.6 Å². The van der Waals surface area contributed by atoms with E-state index in [9.17, 15) is 4.79 Å². The molecule has 4 heteroatoms. The van der Waals surface area contributed by atoms with Gasteiger partial charge in [-0.15, -0.1) is 0 Å². The molecule has 2 N–H and O–H groups in total. The van der Waals surface area contributed by atoms with Crippen LogP contribution in [0.2, 0.25) is 0 Å². The lowest BCUT2D eigenvalue weighted by molar-refractivity contribution is 0.243. The van der Waals surface area contributed by atoms with E-state index in [-0.39, 0.29) is 6.03 Å². The van der Waals surface area contributed by atoms with Gasteiger partial charge in [0.1, 0.15) is 0 Å². The van der Waals surface area contributed by atoms with E-state index in [2.05, 4.69) is 28.6 Å². The molecule has 0 aromatic rings. The number of nitrogens with one attached hydrogen (secondary N) is 2. The van der Waals surface area contributed by atoms with Crippen LogP contribution in [-0.2, 0) is 0 Å². The smallest absolute Gasteiger partial charge is 0.315 e. The van der Waals surface area contributed by atoms with Crippen LogP contribution in [0.4, 0.5) is 4.79 Å². The van der Waals surface area contributed by atoms with Crippen molar-refractivity contribution in [3.8, 4) is 0 Å². The Morgan fingerprint density at radius 1 is 1.35 bits per heavy atom. The van der Waals surface area contributed by atoms with Crippen molar-refractivity contribution in [2.75, 3.05) is 13.1 Å². The zero-order valence-corrected chi connectivity index (χ0v) is 9.94. The molecule has 0 aromatic heterocycles. The summed E-state index contributed by atoms with van der Waals surface area (Å²) in [7, 11) is 0. The average Bonchev–Trinajstić information content (AvgIpc) is 2.42. The molecular formula is C13H17N3O. The van der Waals surface area contributed by atoms with Gasteiger partial charge in [0.15, 0.2) is 0 Å². The van der Waals surface area contributed by atoms with Crippen molar-refractivity contribution in [1.82, 2.24) is 10.6 Å². The number of nitrogens with zero attached hydrogens (tertiary/aromatic N) is 1. The second-order valence-electron chi connectivity index (χ2n) is 4.21. The van der Waals surface area contributed by atoms with Gasteiger partial charge < -0.3 is 10.6 Å². The summed E-state index contributed by atoms with van der Waals surface area (Å²) < 4.78 is 0. The first-order valence-corrected chi connectivity index (χ1v) is 5.88. The number of carbonyl (C=O) groups is 1. The molecule has 0 saturated heterocycles. The SMILES string of the molecule is CC1CC=NC=C1C1=C/CNC(=O)NC/C=C\1. The number of hydrogen-bond donors (Lipinski definition) is 2. The van der Waals surface area contributed by atoms with Gasteiger partial charge >= 0.3 is 6.03 Å². The van der Waals surface area contributed by atoms with Crippen LogP contribution in [0.5, 0.6) is 0 Å². The fourth-order valence-corrected chi connectivity index (χ4v) is 1.90. The Labute approximate surface area is 101 Å². The van der Waals surface area contributed by atoms with E-state index in [0.29, 0.717) is 19.0 Å². The highest BCUT2D eigenvalue weighted by molar-refractivity contribution is 5.74. The summed E-state index contributed by atoms with van der Waals surface area (Å²) in [5.41, 5.74) is 2.39. The first-order valence-electron chi connectivity index (χ1n) is 5.88. The Balaban J connectivity index is 2.19. The molecule has 0 aliphatic carbocycles. The van der Waals surface area contributed by atoms with E-state index >= 15 is 0 Å². The van der Waals surface area contributed by atoms with Gasteiger partial charge in [-0.1, -0.05) is 25.2 Å². The van der Waals surface area contributed by atoms with E-state index in [4.69, 9.17) is 0 Å². The zero-order chi connectivity index (χ0) is 12.1. The molecule has 0 fully saturated rings. The molecular weight excluding hydrogens is 214 g/mol. The van der Waals surface area contributed by atoms with Crippen LogP contribution in [0.25, 0.3) is 0 Å². The maximum Gasteiger partial charge on any atom is 0.315 e. The van der Waals surface area contributed by atoms with Crippen molar-refractivity contribution in [1.29, 1.82) is 0 Å². The summed E-state index contributed by atoms with van der Waals surface area (Å²) in [6.45, 7) is 3.28. The molecule has 0 spiro atoms. The Hall–Kier alpha value is -1.84. The van der Waals surface area contributed by atoms with Gasteiger partial charge in [0.05, 0.1) is 0 Å². The zero-order valence-electron chi connectivity index (χ0n) is 9.94. The molecule has 2 aliphatic heterocycles. The van der Waals surface area contributed by atoms with Gasteiger partial charge in [0, 0.05) is 25.5 Å². The maximum absolute atomic E-state index is 11.2. The van der Waals surface area contributed by atoms with Crippen LogP contribution in [-0.4, -0.2) is 25.3 Å². The van der Waals surface area contributed by atoms with Gasteiger partial charge in [-0.25, -0.2) is 4.79 Å². The quantitative estimate of drug-likeness (QED) is 0.710. The molecule has 4 nitrogen and oxygen atoms in total. The van der Waals surface area contributed by atoms with Crippen molar-refractivity contribution < 1.29 is 4.79 Å². The minimum absolute atomic E-state index is 0.129. The molecule has 0 radical (unpaired) electrons. The highest BCUT2D eigenvalue weighted by atomic mass is 16.2. The number of rotatable bonds is 1. The van der Waals surface area contributed by atoms with Gasteiger partial charge in [0.2, 0.25) is 0 Å². The number of carbonyl (C=O) groups excluding carboxylic acids is 1. The first kappa shape index (κ1) is 11.6. The summed E-state index contributed by atoms with van der Waals surface area (Å²) in [6.07, 6.45) is 10.9. The van der Waals surface area contributed by atoms with Gasteiger partial charge in [-0.2, -0.15) is 0 Å². The van der Waals surface area contributed by atoms with Crippen molar-refractivity contribution in [2.24, 2.45) is 10.9 Å². The third kappa shape index (κ3) is 3.06. The first-order chi connectivity index (χ1) is 8.27. The van der Waals surface area contributed by atoms with Crippen molar-refractivity contribution in [3.63, 3.8) is 0 Å². The Kier molecular flexibility index (Phi) is 3.75. The number of aliphatic imine (C=N–C) groups is 1. The Morgan fingerprint density at radius 2 is 2.18 bits per heavy atom. The van der Waals surface area contributed by atoms with Gasteiger partial charge in [-0.3, -0.25) is 4.99 Å². The normalized spacial score (nSPS) is 29.7. The summed E-state index contributed by atoms with van der Waals surface area (Å²) in [5.74, 6) is 0.479. The lowest BCUT2D eigenvalue weighted by atomic mass is 9.90. The van der Waals surface area contributed by atoms with Crippen LogP contribution in [0.15, 0.2) is 40.6 Å². The molecule has 17 heavy (non-hydrogen) atoms. The average molecular weight is 231 g/mol. The second-order valence-corrected chi connectivity index (χ2v) is 4.21. The summed E-state index contributed by atoms with van der Waals surface area (Å²) in [5, 5.41) is 5.52. The Morgan fingerprint density at radius 3 is 3.00 bits per heavy atom. The molecule has 0 saturated carbocycles. The fraction of sp³-hybridized carbons (Fsp3) is 0.385. The standard InChI is InChI=1S/C13H17N3O/c1-10-4-7-14-9-12(10)11-3-2-6-15-13(17)16-8-5-11/h2-3,5,7,9-10H,4,6,8H2,1H3,(H2,15,16,17)/b3-2-,11-5+. The second kappa shape index (κ2) is 5.48. The number of urea groups is 1. The molecule has 1 atom stereocenters. The van der Waals surface area contributed by atoms with Crippen LogP contribution in [0, 0.1) is 5.92 Å². The monoisotopic (exact) mass is 231 g/mol. The van der Waals surface area contributed by atoms with Crippen LogP contribution in [0.1, 0.15) is 13.3 Å². The third-order valence-electron chi connectivity index (χ3n) is 2.90. The molecule has 2 heterocycles. The van der Waals surface area contributed by atoms with Crippen LogP contribution < -0.4 is 10.6 Å². The molecule has 0 bridgehead atoms. The summed E-state index contributed by atoms with van der Waals surface area (Å²) in [6, 6.07) is -0.129. The number of hydrogen-bond acceptors (Lipinski definition) is 2. The molecule has 0 aromatic carbocycles. The van der Waals surface area contributed by atoms with Crippen LogP contribution in [0.3, 0.4) is 0 Å². The Bertz CT molecular complexity index is 418. The predicted octanol–water partition coefficient (Wildman–Crippen LogP) is 1.78. The number of amides is 2. The van der Waals surface area contributed by atoms with Crippen molar-refractivity contribution >= 4 is 12.2 Å². The largest absolute Gasteiger partial charge is 0.335 e. The maximum atomic E-state index is 11.2. The third-order valence-corrected chi connectivity index (χ3v) is 2.90. The minimum Gasteiger partial charge on any atom is -0.335 e. The molecule has 90 valence electrons. The molecule has 1 unspecified atom stereocenters. The highest BCUT2D eigenvalue weighted by Crippen LogP contribution is 2.25. The van der Waals surface area contributed by atoms with E-state index in [0.717, 1.165) is 12.0 Å².